The normalized spacial score (nSPS) is 12.1. The Morgan fingerprint density at radius 1 is 1.04 bits per heavy atom. The number of carbonyl (C=O) groups excluding carboxylic acids is 1. The van der Waals surface area contributed by atoms with Gasteiger partial charge in [0.2, 0.25) is 0 Å². The van der Waals surface area contributed by atoms with Gasteiger partial charge in [-0.3, -0.25) is 4.79 Å². The van der Waals surface area contributed by atoms with E-state index in [1.54, 1.807) is 0 Å². The highest BCUT2D eigenvalue weighted by molar-refractivity contribution is 5.96. The Morgan fingerprint density at radius 3 is 2.19 bits per heavy atom. The van der Waals surface area contributed by atoms with E-state index in [4.69, 9.17) is 0 Å². The van der Waals surface area contributed by atoms with Crippen LogP contribution in [0.15, 0.2) is 42.5 Å². The van der Waals surface area contributed by atoms with Crippen molar-refractivity contribution in [3.8, 4) is 5.75 Å². The van der Waals surface area contributed by atoms with Crippen molar-refractivity contribution in [2.24, 2.45) is 0 Å². The number of hydrogen-bond acceptors (Lipinski definition) is 2. The van der Waals surface area contributed by atoms with Crippen molar-refractivity contribution in [2.45, 2.75) is 38.8 Å². The summed E-state index contributed by atoms with van der Waals surface area (Å²) in [6.45, 7) is 6.54. The van der Waals surface area contributed by atoms with Crippen LogP contribution in [0.5, 0.6) is 5.75 Å². The van der Waals surface area contributed by atoms with Gasteiger partial charge in [-0.1, -0.05) is 45.0 Å². The number of hydrogen-bond donors (Lipinski definition) is 2. The summed E-state index contributed by atoms with van der Waals surface area (Å²) in [4.78, 5) is 12.1. The third-order valence-electron chi connectivity index (χ3n) is 4.07. The van der Waals surface area contributed by atoms with E-state index in [0.29, 0.717) is 12.5 Å². The highest BCUT2D eigenvalue weighted by Crippen LogP contribution is 2.34. The lowest BCUT2D eigenvalue weighted by molar-refractivity contribution is -0.138. The van der Waals surface area contributed by atoms with Gasteiger partial charge in [0.15, 0.2) is 0 Å². The van der Waals surface area contributed by atoms with E-state index in [2.05, 4.69) is 26.1 Å². The SMILES string of the molecule is CC(C)(C)c1ccc(CCNC(=O)c2ccc(O)cc2C(F)(F)F)cc1. The number of halogens is 3. The molecule has 140 valence electrons. The largest absolute Gasteiger partial charge is 0.508 e. The number of amides is 1. The number of carbonyl (C=O) groups is 1. The molecule has 1 amide bonds. The van der Waals surface area contributed by atoms with Crippen LogP contribution in [0.3, 0.4) is 0 Å². The Balaban J connectivity index is 2.02. The van der Waals surface area contributed by atoms with Gasteiger partial charge in [-0.15, -0.1) is 0 Å². The van der Waals surface area contributed by atoms with E-state index >= 15 is 0 Å². The van der Waals surface area contributed by atoms with Crippen LogP contribution in [0.1, 0.15) is 47.8 Å². The van der Waals surface area contributed by atoms with Crippen LogP contribution in [-0.4, -0.2) is 17.6 Å². The molecule has 26 heavy (non-hydrogen) atoms. The summed E-state index contributed by atoms with van der Waals surface area (Å²) in [5, 5.41) is 11.8. The second-order valence-electron chi connectivity index (χ2n) is 7.18. The smallest absolute Gasteiger partial charge is 0.417 e. The molecule has 0 unspecified atom stereocenters. The highest BCUT2D eigenvalue weighted by Gasteiger charge is 2.35. The maximum Gasteiger partial charge on any atom is 0.417 e. The Labute approximate surface area is 150 Å². The van der Waals surface area contributed by atoms with Crippen LogP contribution in [0, 0.1) is 0 Å². The number of alkyl halides is 3. The average molecular weight is 365 g/mol. The molecule has 0 saturated heterocycles. The van der Waals surface area contributed by atoms with Crippen LogP contribution in [0.4, 0.5) is 13.2 Å². The molecule has 2 aromatic rings. The van der Waals surface area contributed by atoms with Crippen molar-refractivity contribution in [1.82, 2.24) is 5.32 Å². The maximum absolute atomic E-state index is 13.0. The molecule has 2 N–H and O–H groups in total. The summed E-state index contributed by atoms with van der Waals surface area (Å²) in [5.41, 5.74) is 0.562. The molecule has 0 aromatic heterocycles. The van der Waals surface area contributed by atoms with Gasteiger partial charge in [0.25, 0.3) is 5.91 Å². The van der Waals surface area contributed by atoms with Gasteiger partial charge < -0.3 is 10.4 Å². The Kier molecular flexibility index (Phi) is 5.64. The number of aromatic hydroxyl groups is 1. The van der Waals surface area contributed by atoms with Crippen molar-refractivity contribution in [3.63, 3.8) is 0 Å². The minimum Gasteiger partial charge on any atom is -0.508 e. The van der Waals surface area contributed by atoms with Crippen LogP contribution >= 0.6 is 0 Å². The lowest BCUT2D eigenvalue weighted by Gasteiger charge is -2.19. The third kappa shape index (κ3) is 5.00. The van der Waals surface area contributed by atoms with Crippen molar-refractivity contribution in [1.29, 1.82) is 0 Å². The van der Waals surface area contributed by atoms with Gasteiger partial charge in [0.1, 0.15) is 5.75 Å². The molecule has 0 atom stereocenters. The van der Waals surface area contributed by atoms with Crippen LogP contribution in [0.2, 0.25) is 0 Å². The first-order valence-electron chi connectivity index (χ1n) is 8.26. The molecule has 2 aromatic carbocycles. The first-order chi connectivity index (χ1) is 12.0. The molecular formula is C20H22F3NO2. The van der Waals surface area contributed by atoms with E-state index in [0.717, 1.165) is 17.7 Å². The molecule has 0 aliphatic heterocycles. The van der Waals surface area contributed by atoms with E-state index in [9.17, 15) is 23.1 Å². The molecule has 0 bridgehead atoms. The molecular weight excluding hydrogens is 343 g/mol. The fraction of sp³-hybridized carbons (Fsp3) is 0.350. The zero-order chi connectivity index (χ0) is 19.5. The minimum atomic E-state index is -4.71. The zero-order valence-corrected chi connectivity index (χ0v) is 14.9. The zero-order valence-electron chi connectivity index (χ0n) is 14.9. The maximum atomic E-state index is 13.0. The van der Waals surface area contributed by atoms with Crippen molar-refractivity contribution < 1.29 is 23.1 Å². The van der Waals surface area contributed by atoms with Crippen LogP contribution < -0.4 is 5.32 Å². The highest BCUT2D eigenvalue weighted by atomic mass is 19.4. The summed E-state index contributed by atoms with van der Waals surface area (Å²) in [5.74, 6) is -1.35. The molecule has 0 saturated carbocycles. The summed E-state index contributed by atoms with van der Waals surface area (Å²) in [6.07, 6.45) is -4.20. The number of rotatable bonds is 4. The topological polar surface area (TPSA) is 49.3 Å². The van der Waals surface area contributed by atoms with Crippen molar-refractivity contribution in [2.75, 3.05) is 6.54 Å². The Hall–Kier alpha value is -2.50. The number of benzene rings is 2. The number of phenolic OH excluding ortho intramolecular Hbond substituents is 1. The number of phenols is 1. The summed E-state index contributed by atoms with van der Waals surface area (Å²) in [6, 6.07) is 10.5. The average Bonchev–Trinajstić information content (AvgIpc) is 2.53. The van der Waals surface area contributed by atoms with Gasteiger partial charge in [-0.2, -0.15) is 13.2 Å². The van der Waals surface area contributed by atoms with Crippen molar-refractivity contribution >= 4 is 5.91 Å². The quantitative estimate of drug-likeness (QED) is 0.826. The third-order valence-corrected chi connectivity index (χ3v) is 4.07. The molecule has 0 aliphatic carbocycles. The molecule has 0 spiro atoms. The van der Waals surface area contributed by atoms with Crippen molar-refractivity contribution in [3.05, 3.63) is 64.7 Å². The molecule has 2 rings (SSSR count). The van der Waals surface area contributed by atoms with E-state index < -0.39 is 29.0 Å². The minimum absolute atomic E-state index is 0.0413. The van der Waals surface area contributed by atoms with Gasteiger partial charge in [-0.05, 0) is 41.2 Å². The van der Waals surface area contributed by atoms with E-state index in [1.165, 1.54) is 5.56 Å². The first kappa shape index (κ1) is 19.8. The van der Waals surface area contributed by atoms with Gasteiger partial charge in [0.05, 0.1) is 11.1 Å². The second kappa shape index (κ2) is 7.40. The lowest BCUT2D eigenvalue weighted by Crippen LogP contribution is -2.28. The summed E-state index contributed by atoms with van der Waals surface area (Å²) in [7, 11) is 0. The number of nitrogens with one attached hydrogen (secondary N) is 1. The van der Waals surface area contributed by atoms with Gasteiger partial charge >= 0.3 is 6.18 Å². The van der Waals surface area contributed by atoms with Gasteiger partial charge in [0, 0.05) is 6.54 Å². The predicted molar refractivity (Wildman–Crippen MR) is 94.3 cm³/mol. The summed E-state index contributed by atoms with van der Waals surface area (Å²) >= 11 is 0. The van der Waals surface area contributed by atoms with E-state index in [1.807, 2.05) is 24.3 Å². The predicted octanol–water partition coefficient (Wildman–Crippen LogP) is 4.68. The fourth-order valence-corrected chi connectivity index (χ4v) is 2.55. The molecule has 0 radical (unpaired) electrons. The van der Waals surface area contributed by atoms with E-state index in [-0.39, 0.29) is 12.0 Å². The summed E-state index contributed by atoms with van der Waals surface area (Å²) < 4.78 is 39.1. The van der Waals surface area contributed by atoms with Crippen LogP contribution in [0.25, 0.3) is 0 Å². The Morgan fingerprint density at radius 2 is 1.65 bits per heavy atom. The molecule has 3 nitrogen and oxygen atoms in total. The lowest BCUT2D eigenvalue weighted by atomic mass is 9.86. The standard InChI is InChI=1S/C20H22F3NO2/c1-19(2,3)14-6-4-13(5-7-14)10-11-24-18(26)16-9-8-15(25)12-17(16)20(21,22)23/h4-9,12,25H,10-11H2,1-3H3,(H,24,26). The second-order valence-corrected chi connectivity index (χ2v) is 7.18. The first-order valence-corrected chi connectivity index (χ1v) is 8.26. The molecule has 0 heterocycles. The monoisotopic (exact) mass is 365 g/mol. The molecule has 6 heteroatoms. The van der Waals surface area contributed by atoms with Gasteiger partial charge in [-0.25, -0.2) is 0 Å². The van der Waals surface area contributed by atoms with Crippen LogP contribution in [-0.2, 0) is 18.0 Å². The molecule has 0 aliphatic rings. The Bertz CT molecular complexity index is 775. The fourth-order valence-electron chi connectivity index (χ4n) is 2.55. The molecule has 0 fully saturated rings.